The monoisotopic (exact) mass is 293 g/mol. The fourth-order valence-corrected chi connectivity index (χ4v) is 2.23. The van der Waals surface area contributed by atoms with Gasteiger partial charge in [-0.3, -0.25) is 4.79 Å². The van der Waals surface area contributed by atoms with Crippen LogP contribution in [0.2, 0.25) is 10.0 Å². The lowest BCUT2D eigenvalue weighted by atomic mass is 10.0. The molecular formula is C15H13Cl2NO. The van der Waals surface area contributed by atoms with Gasteiger partial charge in [0.15, 0.2) is 5.78 Å². The molecule has 0 aliphatic carbocycles. The standard InChI is InChI=1S/C15H13Cl2NO/c1-9-2-4-10(5-3-9)6-14(19)11-7-12(16)15(18)13(17)8-11/h2-5,7-8H,6,18H2,1H3. The highest BCUT2D eigenvalue weighted by atomic mass is 35.5. The topological polar surface area (TPSA) is 43.1 Å². The average molecular weight is 294 g/mol. The van der Waals surface area contributed by atoms with Gasteiger partial charge in [-0.1, -0.05) is 53.0 Å². The molecular weight excluding hydrogens is 281 g/mol. The summed E-state index contributed by atoms with van der Waals surface area (Å²) < 4.78 is 0. The van der Waals surface area contributed by atoms with Gasteiger partial charge in [-0.2, -0.15) is 0 Å². The van der Waals surface area contributed by atoms with E-state index in [4.69, 9.17) is 28.9 Å². The van der Waals surface area contributed by atoms with E-state index < -0.39 is 0 Å². The van der Waals surface area contributed by atoms with Gasteiger partial charge in [0.05, 0.1) is 15.7 Å². The fourth-order valence-electron chi connectivity index (χ4n) is 1.74. The summed E-state index contributed by atoms with van der Waals surface area (Å²) in [6.07, 6.45) is 0.316. The van der Waals surface area contributed by atoms with Gasteiger partial charge in [-0.05, 0) is 24.6 Å². The molecule has 2 nitrogen and oxygen atoms in total. The number of nitrogen functional groups attached to an aromatic ring is 1. The molecule has 2 aromatic rings. The second kappa shape index (κ2) is 5.64. The van der Waals surface area contributed by atoms with E-state index in [0.717, 1.165) is 11.1 Å². The summed E-state index contributed by atoms with van der Waals surface area (Å²) in [6.45, 7) is 2.01. The molecule has 2 N–H and O–H groups in total. The van der Waals surface area contributed by atoms with Crippen LogP contribution in [0, 0.1) is 6.92 Å². The van der Waals surface area contributed by atoms with E-state index in [2.05, 4.69) is 0 Å². The first kappa shape index (κ1) is 13.9. The Kier molecular flexibility index (Phi) is 4.13. The first-order chi connectivity index (χ1) is 8.97. The number of nitrogens with two attached hydrogens (primary N) is 1. The molecule has 19 heavy (non-hydrogen) atoms. The highest BCUT2D eigenvalue weighted by Gasteiger charge is 2.11. The van der Waals surface area contributed by atoms with Crippen molar-refractivity contribution in [3.05, 3.63) is 63.1 Å². The number of aryl methyl sites for hydroxylation is 1. The van der Waals surface area contributed by atoms with Gasteiger partial charge in [0.25, 0.3) is 0 Å². The lowest BCUT2D eigenvalue weighted by Gasteiger charge is -2.06. The normalized spacial score (nSPS) is 10.5. The molecule has 0 aliphatic heterocycles. The second-order valence-electron chi connectivity index (χ2n) is 4.44. The number of hydrogen-bond acceptors (Lipinski definition) is 2. The summed E-state index contributed by atoms with van der Waals surface area (Å²) in [5.74, 6) is -0.0346. The number of carbonyl (C=O) groups is 1. The van der Waals surface area contributed by atoms with Gasteiger partial charge in [0.2, 0.25) is 0 Å². The number of carbonyl (C=O) groups excluding carboxylic acids is 1. The third-order valence-corrected chi connectivity index (χ3v) is 3.51. The Labute approximate surface area is 122 Å². The van der Waals surface area contributed by atoms with Gasteiger partial charge in [0, 0.05) is 12.0 Å². The van der Waals surface area contributed by atoms with Crippen molar-refractivity contribution < 1.29 is 4.79 Å². The Balaban J connectivity index is 2.23. The molecule has 0 aliphatic rings. The number of Topliss-reactive ketones (excluding diaryl/α,β-unsaturated/α-hetero) is 1. The van der Waals surface area contributed by atoms with Crippen LogP contribution >= 0.6 is 23.2 Å². The van der Waals surface area contributed by atoms with Crippen LogP contribution in [0.1, 0.15) is 21.5 Å². The van der Waals surface area contributed by atoms with Crippen molar-refractivity contribution in [2.75, 3.05) is 5.73 Å². The minimum atomic E-state index is -0.0346. The largest absolute Gasteiger partial charge is 0.396 e. The van der Waals surface area contributed by atoms with Crippen molar-refractivity contribution >= 4 is 34.7 Å². The summed E-state index contributed by atoms with van der Waals surface area (Å²) in [5, 5.41) is 0.611. The maximum absolute atomic E-state index is 12.2. The van der Waals surface area contributed by atoms with Crippen LogP contribution in [0.15, 0.2) is 36.4 Å². The molecule has 0 unspecified atom stereocenters. The predicted octanol–water partition coefficient (Wildman–Crippen LogP) is 4.31. The maximum atomic E-state index is 12.2. The van der Waals surface area contributed by atoms with E-state index in [9.17, 15) is 4.79 Å². The molecule has 0 bridgehead atoms. The number of hydrogen-bond donors (Lipinski definition) is 1. The summed E-state index contributed by atoms with van der Waals surface area (Å²) in [5.41, 5.74) is 8.54. The van der Waals surface area contributed by atoms with Crippen LogP contribution in [0.25, 0.3) is 0 Å². The molecule has 98 valence electrons. The fraction of sp³-hybridized carbons (Fsp3) is 0.133. The molecule has 4 heteroatoms. The van der Waals surface area contributed by atoms with Gasteiger partial charge in [-0.15, -0.1) is 0 Å². The van der Waals surface area contributed by atoms with Gasteiger partial charge in [-0.25, -0.2) is 0 Å². The highest BCUT2D eigenvalue weighted by Crippen LogP contribution is 2.29. The Morgan fingerprint density at radius 1 is 1.11 bits per heavy atom. The number of anilines is 1. The molecule has 0 aromatic heterocycles. The SMILES string of the molecule is Cc1ccc(CC(=O)c2cc(Cl)c(N)c(Cl)c2)cc1. The molecule has 0 fully saturated rings. The Bertz CT molecular complexity index is 598. The molecule has 0 heterocycles. The number of halogens is 2. The van der Waals surface area contributed by atoms with E-state index in [0.29, 0.717) is 27.7 Å². The van der Waals surface area contributed by atoms with Crippen molar-refractivity contribution in [2.45, 2.75) is 13.3 Å². The van der Waals surface area contributed by atoms with Crippen molar-refractivity contribution in [2.24, 2.45) is 0 Å². The van der Waals surface area contributed by atoms with Crippen LogP contribution < -0.4 is 5.73 Å². The molecule has 0 atom stereocenters. The Morgan fingerprint density at radius 3 is 2.16 bits per heavy atom. The van der Waals surface area contributed by atoms with Crippen molar-refractivity contribution in [3.8, 4) is 0 Å². The number of ketones is 1. The van der Waals surface area contributed by atoms with Crippen LogP contribution in [0.3, 0.4) is 0 Å². The third kappa shape index (κ3) is 3.28. The first-order valence-electron chi connectivity index (χ1n) is 5.80. The van der Waals surface area contributed by atoms with Crippen LogP contribution in [-0.2, 0) is 6.42 Å². The number of rotatable bonds is 3. The lowest BCUT2D eigenvalue weighted by molar-refractivity contribution is 0.0993. The summed E-state index contributed by atoms with van der Waals surface area (Å²) >= 11 is 11.9. The zero-order valence-electron chi connectivity index (χ0n) is 10.4. The Hall–Kier alpha value is -1.51. The van der Waals surface area contributed by atoms with Crippen LogP contribution in [0.4, 0.5) is 5.69 Å². The van der Waals surface area contributed by atoms with Crippen LogP contribution in [-0.4, -0.2) is 5.78 Å². The second-order valence-corrected chi connectivity index (χ2v) is 5.25. The first-order valence-corrected chi connectivity index (χ1v) is 6.56. The highest BCUT2D eigenvalue weighted by molar-refractivity contribution is 6.39. The smallest absolute Gasteiger partial charge is 0.167 e. The van der Waals surface area contributed by atoms with E-state index in [1.165, 1.54) is 0 Å². The zero-order valence-corrected chi connectivity index (χ0v) is 11.9. The van der Waals surface area contributed by atoms with E-state index >= 15 is 0 Å². The van der Waals surface area contributed by atoms with E-state index in [-0.39, 0.29) is 5.78 Å². The Morgan fingerprint density at radius 2 is 1.63 bits per heavy atom. The molecule has 2 aromatic carbocycles. The van der Waals surface area contributed by atoms with E-state index in [1.807, 2.05) is 31.2 Å². The van der Waals surface area contributed by atoms with E-state index in [1.54, 1.807) is 12.1 Å². The predicted molar refractivity (Wildman–Crippen MR) is 80.1 cm³/mol. The maximum Gasteiger partial charge on any atom is 0.167 e. The molecule has 0 radical (unpaired) electrons. The summed E-state index contributed by atoms with van der Waals surface area (Å²) in [6, 6.07) is 10.9. The average Bonchev–Trinajstić information content (AvgIpc) is 2.38. The van der Waals surface area contributed by atoms with Gasteiger partial charge in [0.1, 0.15) is 0 Å². The lowest BCUT2D eigenvalue weighted by Crippen LogP contribution is -2.04. The molecule has 0 saturated heterocycles. The molecule has 0 spiro atoms. The minimum absolute atomic E-state index is 0.0346. The van der Waals surface area contributed by atoms with Gasteiger partial charge >= 0.3 is 0 Å². The summed E-state index contributed by atoms with van der Waals surface area (Å²) in [7, 11) is 0. The molecule has 2 rings (SSSR count). The zero-order chi connectivity index (χ0) is 14.0. The number of benzene rings is 2. The molecule has 0 amide bonds. The van der Waals surface area contributed by atoms with Crippen molar-refractivity contribution in [3.63, 3.8) is 0 Å². The van der Waals surface area contributed by atoms with Crippen molar-refractivity contribution in [1.29, 1.82) is 0 Å². The van der Waals surface area contributed by atoms with Gasteiger partial charge < -0.3 is 5.73 Å². The quantitative estimate of drug-likeness (QED) is 0.677. The summed E-state index contributed by atoms with van der Waals surface area (Å²) in [4.78, 5) is 12.2. The minimum Gasteiger partial charge on any atom is -0.396 e. The van der Waals surface area contributed by atoms with Crippen molar-refractivity contribution in [1.82, 2.24) is 0 Å². The van der Waals surface area contributed by atoms with Crippen LogP contribution in [0.5, 0.6) is 0 Å². The third-order valence-electron chi connectivity index (χ3n) is 2.89. The molecule has 0 saturated carbocycles.